The van der Waals surface area contributed by atoms with E-state index >= 15 is 0 Å². The van der Waals surface area contributed by atoms with Crippen LogP contribution in [0.15, 0.2) is 5.16 Å². The van der Waals surface area contributed by atoms with Crippen molar-refractivity contribution in [3.63, 3.8) is 0 Å². The van der Waals surface area contributed by atoms with Crippen LogP contribution in [-0.2, 0) is 16.1 Å². The molecule has 0 radical (unpaired) electrons. The van der Waals surface area contributed by atoms with E-state index in [1.54, 1.807) is 0 Å². The molecule has 1 aromatic heterocycles. The first-order chi connectivity index (χ1) is 8.90. The molecule has 1 heterocycles. The highest BCUT2D eigenvalue weighted by Crippen LogP contribution is 2.18. The Hall–Kier alpha value is -1.77. The Bertz CT molecular complexity index is 460. The van der Waals surface area contributed by atoms with Crippen LogP contribution < -0.4 is 11.1 Å². The molecule has 1 rings (SSSR count). The number of hydrogen-bond acceptors (Lipinski definition) is 6. The summed E-state index contributed by atoms with van der Waals surface area (Å²) in [6.07, 6.45) is 0.237. The molecule has 0 saturated carbocycles. The van der Waals surface area contributed by atoms with Gasteiger partial charge in [-0.05, 0) is 13.8 Å². The minimum absolute atomic E-state index is 0.0756. The monoisotopic (exact) mass is 287 g/mol. The summed E-state index contributed by atoms with van der Waals surface area (Å²) in [5.41, 5.74) is 5.63. The van der Waals surface area contributed by atoms with E-state index in [9.17, 15) is 9.59 Å². The van der Waals surface area contributed by atoms with Crippen molar-refractivity contribution in [2.45, 2.75) is 38.0 Å². The summed E-state index contributed by atoms with van der Waals surface area (Å²) < 4.78 is 1.54. The van der Waals surface area contributed by atoms with Crippen LogP contribution in [0.3, 0.4) is 0 Å². The summed E-state index contributed by atoms with van der Waals surface area (Å²) in [6, 6.07) is 0.0756. The van der Waals surface area contributed by atoms with Crippen molar-refractivity contribution >= 4 is 29.6 Å². The Balaban J connectivity index is 2.59. The van der Waals surface area contributed by atoms with Gasteiger partial charge in [0.25, 0.3) is 0 Å². The first kappa shape index (κ1) is 15.3. The van der Waals surface area contributed by atoms with Crippen LogP contribution in [-0.4, -0.2) is 43.5 Å². The average molecular weight is 287 g/mol. The summed E-state index contributed by atoms with van der Waals surface area (Å²) in [7, 11) is 0. The maximum absolute atomic E-state index is 11.5. The number of rotatable bonds is 7. The summed E-state index contributed by atoms with van der Waals surface area (Å²) in [5.74, 6) is -1.01. The number of thioether (sulfide) groups is 1. The van der Waals surface area contributed by atoms with Crippen molar-refractivity contribution in [3.05, 3.63) is 0 Å². The Labute approximate surface area is 114 Å². The van der Waals surface area contributed by atoms with E-state index in [4.69, 9.17) is 10.8 Å². The average Bonchev–Trinajstić information content (AvgIpc) is 2.64. The normalized spacial score (nSPS) is 10.7. The first-order valence-corrected chi connectivity index (χ1v) is 6.71. The molecule has 0 aromatic carbocycles. The zero-order valence-corrected chi connectivity index (χ0v) is 11.6. The first-order valence-electron chi connectivity index (χ1n) is 5.72. The molecule has 1 amide bonds. The molecule has 0 atom stereocenters. The Morgan fingerprint density at radius 3 is 2.74 bits per heavy atom. The second-order valence-corrected chi connectivity index (χ2v) is 5.09. The van der Waals surface area contributed by atoms with Gasteiger partial charge in [-0.2, -0.15) is 0 Å². The highest BCUT2D eigenvalue weighted by molar-refractivity contribution is 7.99. The predicted octanol–water partition coefficient (Wildman–Crippen LogP) is -0.0483. The summed E-state index contributed by atoms with van der Waals surface area (Å²) in [4.78, 5) is 22.0. The topological polar surface area (TPSA) is 123 Å². The molecule has 0 spiro atoms. The Kier molecular flexibility index (Phi) is 5.61. The zero-order chi connectivity index (χ0) is 14.4. The van der Waals surface area contributed by atoms with Gasteiger partial charge in [0, 0.05) is 19.0 Å². The number of nitrogen functional groups attached to an aromatic ring is 1. The predicted molar refractivity (Wildman–Crippen MR) is 70.7 cm³/mol. The van der Waals surface area contributed by atoms with Crippen molar-refractivity contribution in [1.82, 2.24) is 20.1 Å². The van der Waals surface area contributed by atoms with E-state index in [0.717, 1.165) is 11.8 Å². The number of amides is 1. The van der Waals surface area contributed by atoms with Gasteiger partial charge < -0.3 is 16.2 Å². The van der Waals surface area contributed by atoms with E-state index in [0.29, 0.717) is 11.7 Å². The SMILES string of the molecule is CC(C)NC(=O)CCn1c(N)nnc1SCC(=O)O. The van der Waals surface area contributed by atoms with Crippen molar-refractivity contribution in [1.29, 1.82) is 0 Å². The molecule has 0 aliphatic rings. The molecule has 0 bridgehead atoms. The van der Waals surface area contributed by atoms with Crippen molar-refractivity contribution in [2.75, 3.05) is 11.5 Å². The zero-order valence-electron chi connectivity index (χ0n) is 10.8. The van der Waals surface area contributed by atoms with Crippen molar-refractivity contribution in [2.24, 2.45) is 0 Å². The molecule has 0 fully saturated rings. The lowest BCUT2D eigenvalue weighted by Crippen LogP contribution is -2.30. The van der Waals surface area contributed by atoms with Crippen LogP contribution in [0.25, 0.3) is 0 Å². The van der Waals surface area contributed by atoms with Gasteiger partial charge in [-0.1, -0.05) is 11.8 Å². The maximum atomic E-state index is 11.5. The van der Waals surface area contributed by atoms with Gasteiger partial charge in [0.1, 0.15) is 0 Å². The van der Waals surface area contributed by atoms with Crippen LogP contribution in [0.2, 0.25) is 0 Å². The van der Waals surface area contributed by atoms with E-state index in [1.807, 2.05) is 13.8 Å². The lowest BCUT2D eigenvalue weighted by atomic mass is 10.3. The Morgan fingerprint density at radius 2 is 2.16 bits per heavy atom. The van der Waals surface area contributed by atoms with Crippen LogP contribution in [0.4, 0.5) is 5.95 Å². The van der Waals surface area contributed by atoms with E-state index in [2.05, 4.69) is 15.5 Å². The standard InChI is InChI=1S/C10H17N5O3S/c1-6(2)12-7(16)3-4-15-9(11)13-14-10(15)19-5-8(17)18/h6H,3-5H2,1-2H3,(H2,11,13)(H,12,16)(H,17,18). The molecule has 0 aliphatic heterocycles. The number of carbonyl (C=O) groups excluding carboxylic acids is 1. The van der Waals surface area contributed by atoms with Gasteiger partial charge in [-0.15, -0.1) is 10.2 Å². The third kappa shape index (κ3) is 5.16. The second kappa shape index (κ2) is 6.98. The van der Waals surface area contributed by atoms with Gasteiger partial charge in [0.05, 0.1) is 5.75 Å². The third-order valence-corrected chi connectivity index (χ3v) is 3.03. The molecule has 106 valence electrons. The number of carboxylic acids is 1. The van der Waals surface area contributed by atoms with Gasteiger partial charge in [-0.3, -0.25) is 14.2 Å². The number of carbonyl (C=O) groups is 2. The fourth-order valence-corrected chi connectivity index (χ4v) is 2.04. The number of aliphatic carboxylic acids is 1. The molecule has 8 nitrogen and oxygen atoms in total. The molecule has 4 N–H and O–H groups in total. The molecule has 0 aliphatic carbocycles. The molecule has 0 unspecified atom stereocenters. The molecule has 1 aromatic rings. The quantitative estimate of drug-likeness (QED) is 0.601. The molecular weight excluding hydrogens is 270 g/mol. The lowest BCUT2D eigenvalue weighted by Gasteiger charge is -2.10. The molecule has 0 saturated heterocycles. The molecule has 9 heteroatoms. The van der Waals surface area contributed by atoms with Gasteiger partial charge in [0.15, 0.2) is 5.16 Å². The fourth-order valence-electron chi connectivity index (χ4n) is 1.35. The number of nitrogens with zero attached hydrogens (tertiary/aromatic N) is 3. The summed E-state index contributed by atoms with van der Waals surface area (Å²) in [5, 5.41) is 19.2. The number of nitrogens with one attached hydrogen (secondary N) is 1. The number of anilines is 1. The minimum Gasteiger partial charge on any atom is -0.481 e. The smallest absolute Gasteiger partial charge is 0.313 e. The summed E-state index contributed by atoms with van der Waals surface area (Å²) in [6.45, 7) is 4.07. The highest BCUT2D eigenvalue weighted by atomic mass is 32.2. The number of aromatic nitrogens is 3. The summed E-state index contributed by atoms with van der Waals surface area (Å²) >= 11 is 1.02. The van der Waals surface area contributed by atoms with Crippen LogP contribution in [0.1, 0.15) is 20.3 Å². The lowest BCUT2D eigenvalue weighted by molar-refractivity contribution is -0.134. The van der Waals surface area contributed by atoms with E-state index < -0.39 is 5.97 Å². The minimum atomic E-state index is -0.948. The molecule has 19 heavy (non-hydrogen) atoms. The van der Waals surface area contributed by atoms with E-state index in [-0.39, 0.29) is 30.1 Å². The van der Waals surface area contributed by atoms with Crippen LogP contribution in [0.5, 0.6) is 0 Å². The maximum Gasteiger partial charge on any atom is 0.313 e. The number of nitrogens with two attached hydrogens (primary N) is 1. The second-order valence-electron chi connectivity index (χ2n) is 4.15. The Morgan fingerprint density at radius 1 is 1.47 bits per heavy atom. The van der Waals surface area contributed by atoms with Crippen molar-refractivity contribution < 1.29 is 14.7 Å². The molecular formula is C10H17N5O3S. The van der Waals surface area contributed by atoms with E-state index in [1.165, 1.54) is 4.57 Å². The largest absolute Gasteiger partial charge is 0.481 e. The van der Waals surface area contributed by atoms with Crippen LogP contribution in [0, 0.1) is 0 Å². The van der Waals surface area contributed by atoms with Crippen molar-refractivity contribution in [3.8, 4) is 0 Å². The third-order valence-electron chi connectivity index (χ3n) is 2.08. The van der Waals surface area contributed by atoms with Gasteiger partial charge in [-0.25, -0.2) is 0 Å². The van der Waals surface area contributed by atoms with Gasteiger partial charge in [0.2, 0.25) is 11.9 Å². The van der Waals surface area contributed by atoms with Crippen LogP contribution >= 0.6 is 11.8 Å². The number of hydrogen-bond donors (Lipinski definition) is 3. The number of carboxylic acid groups (broad SMARTS) is 1. The highest BCUT2D eigenvalue weighted by Gasteiger charge is 2.13. The fraction of sp³-hybridized carbons (Fsp3) is 0.600. The van der Waals surface area contributed by atoms with Gasteiger partial charge >= 0.3 is 5.97 Å².